The Kier molecular flexibility index (Phi) is 2.93. The molecule has 4 rings (SSSR count). The molecule has 0 fully saturated rings. The molecule has 0 saturated heterocycles. The Morgan fingerprint density at radius 1 is 0.571 bits per heavy atom. The highest BCUT2D eigenvalue weighted by atomic mass is 14.3. The zero-order valence-electron chi connectivity index (χ0n) is 11.7. The van der Waals surface area contributed by atoms with E-state index in [-0.39, 0.29) is 0 Å². The Morgan fingerprint density at radius 2 is 1.10 bits per heavy atom. The molecular weight excluding hydrogens is 252 g/mol. The van der Waals surface area contributed by atoms with Crippen molar-refractivity contribution in [2.75, 3.05) is 0 Å². The summed E-state index contributed by atoms with van der Waals surface area (Å²) in [5, 5.41) is 0. The van der Waals surface area contributed by atoms with E-state index >= 15 is 0 Å². The summed E-state index contributed by atoms with van der Waals surface area (Å²) in [7, 11) is 0. The van der Waals surface area contributed by atoms with Crippen LogP contribution in [0.2, 0.25) is 0 Å². The zero-order chi connectivity index (χ0) is 14.1. The number of fused-ring (bicyclic) bond motifs is 3. The van der Waals surface area contributed by atoms with Crippen molar-refractivity contribution in [3.8, 4) is 11.1 Å². The molecule has 0 aromatic heterocycles. The Labute approximate surface area is 125 Å². The minimum atomic E-state index is 0.359. The number of allylic oxidation sites excluding steroid dienone is 1. The summed E-state index contributed by atoms with van der Waals surface area (Å²) in [6.07, 6.45) is 4.55. The minimum Gasteiger partial charge on any atom is -0.0720 e. The second-order valence-corrected chi connectivity index (χ2v) is 5.42. The van der Waals surface area contributed by atoms with E-state index < -0.39 is 0 Å². The standard InChI is InChI=1S/C21H16/c1-2-8-16(9-3-1)14-15-21-19-12-6-4-10-17(19)18-11-5-7-13-20(18)21/h1-15,21H. The van der Waals surface area contributed by atoms with Crippen LogP contribution in [-0.4, -0.2) is 0 Å². The van der Waals surface area contributed by atoms with E-state index in [2.05, 4.69) is 91.0 Å². The topological polar surface area (TPSA) is 0 Å². The van der Waals surface area contributed by atoms with Gasteiger partial charge < -0.3 is 0 Å². The smallest absolute Gasteiger partial charge is 0.0285 e. The second-order valence-electron chi connectivity index (χ2n) is 5.42. The lowest BCUT2D eigenvalue weighted by atomic mass is 9.96. The Hall–Kier alpha value is -2.60. The summed E-state index contributed by atoms with van der Waals surface area (Å²) >= 11 is 0. The molecule has 0 heterocycles. The molecule has 1 aliphatic rings. The van der Waals surface area contributed by atoms with Gasteiger partial charge in [-0.05, 0) is 27.8 Å². The van der Waals surface area contributed by atoms with Crippen LogP contribution in [0.15, 0.2) is 84.9 Å². The number of benzene rings is 3. The first-order valence-corrected chi connectivity index (χ1v) is 7.35. The summed E-state index contributed by atoms with van der Waals surface area (Å²) in [4.78, 5) is 0. The van der Waals surface area contributed by atoms with E-state index in [1.54, 1.807) is 0 Å². The summed E-state index contributed by atoms with van der Waals surface area (Å²) in [6.45, 7) is 0. The quantitative estimate of drug-likeness (QED) is 0.574. The van der Waals surface area contributed by atoms with Gasteiger partial charge in [0.2, 0.25) is 0 Å². The number of hydrogen-bond acceptors (Lipinski definition) is 0. The second kappa shape index (κ2) is 5.06. The van der Waals surface area contributed by atoms with Crippen LogP contribution < -0.4 is 0 Å². The molecule has 0 aliphatic heterocycles. The predicted molar refractivity (Wildman–Crippen MR) is 89.2 cm³/mol. The first kappa shape index (κ1) is 12.2. The molecule has 3 aromatic rings. The highest BCUT2D eigenvalue weighted by Crippen LogP contribution is 2.45. The van der Waals surface area contributed by atoms with Gasteiger partial charge in [-0.2, -0.15) is 0 Å². The van der Waals surface area contributed by atoms with E-state index in [1.165, 1.54) is 27.8 Å². The van der Waals surface area contributed by atoms with E-state index in [0.29, 0.717) is 5.92 Å². The summed E-state index contributed by atoms with van der Waals surface area (Å²) in [6, 6.07) is 28.0. The van der Waals surface area contributed by atoms with Gasteiger partial charge in [-0.3, -0.25) is 0 Å². The Balaban J connectivity index is 1.80. The summed E-state index contributed by atoms with van der Waals surface area (Å²) < 4.78 is 0. The molecule has 100 valence electrons. The van der Waals surface area contributed by atoms with Crippen LogP contribution in [0, 0.1) is 0 Å². The van der Waals surface area contributed by atoms with Gasteiger partial charge in [-0.1, -0.05) is 91.0 Å². The van der Waals surface area contributed by atoms with Crippen LogP contribution in [-0.2, 0) is 0 Å². The SMILES string of the molecule is C(=CC1c2ccccc2-c2ccccc21)c1ccccc1. The molecule has 0 amide bonds. The van der Waals surface area contributed by atoms with Crippen molar-refractivity contribution in [2.24, 2.45) is 0 Å². The third-order valence-corrected chi connectivity index (χ3v) is 4.16. The molecular formula is C21H16. The molecule has 0 unspecified atom stereocenters. The van der Waals surface area contributed by atoms with Crippen molar-refractivity contribution in [3.63, 3.8) is 0 Å². The average Bonchev–Trinajstić information content (AvgIpc) is 2.88. The van der Waals surface area contributed by atoms with Crippen molar-refractivity contribution >= 4 is 6.08 Å². The zero-order valence-corrected chi connectivity index (χ0v) is 11.7. The molecule has 0 heteroatoms. The molecule has 0 spiro atoms. The molecule has 3 aromatic carbocycles. The molecule has 21 heavy (non-hydrogen) atoms. The van der Waals surface area contributed by atoms with Crippen molar-refractivity contribution in [3.05, 3.63) is 102 Å². The third-order valence-electron chi connectivity index (χ3n) is 4.16. The molecule has 0 N–H and O–H groups in total. The largest absolute Gasteiger partial charge is 0.0720 e. The maximum absolute atomic E-state index is 2.32. The van der Waals surface area contributed by atoms with Gasteiger partial charge in [0.25, 0.3) is 0 Å². The fourth-order valence-electron chi connectivity index (χ4n) is 3.17. The molecule has 0 bridgehead atoms. The van der Waals surface area contributed by atoms with Gasteiger partial charge in [0.05, 0.1) is 0 Å². The Morgan fingerprint density at radius 3 is 1.71 bits per heavy atom. The molecule has 0 atom stereocenters. The van der Waals surface area contributed by atoms with E-state index in [9.17, 15) is 0 Å². The van der Waals surface area contributed by atoms with Gasteiger partial charge in [-0.25, -0.2) is 0 Å². The maximum Gasteiger partial charge on any atom is 0.0285 e. The van der Waals surface area contributed by atoms with E-state index in [0.717, 1.165) is 0 Å². The van der Waals surface area contributed by atoms with Gasteiger partial charge in [0.15, 0.2) is 0 Å². The fraction of sp³-hybridized carbons (Fsp3) is 0.0476. The Bertz CT molecular complexity index is 752. The van der Waals surface area contributed by atoms with Crippen molar-refractivity contribution in [1.82, 2.24) is 0 Å². The van der Waals surface area contributed by atoms with Gasteiger partial charge in [0, 0.05) is 5.92 Å². The highest BCUT2D eigenvalue weighted by Gasteiger charge is 2.25. The van der Waals surface area contributed by atoms with Gasteiger partial charge in [0.1, 0.15) is 0 Å². The lowest BCUT2D eigenvalue weighted by Crippen LogP contribution is -1.91. The van der Waals surface area contributed by atoms with E-state index in [1.807, 2.05) is 0 Å². The van der Waals surface area contributed by atoms with Gasteiger partial charge >= 0.3 is 0 Å². The van der Waals surface area contributed by atoms with Crippen LogP contribution in [0.3, 0.4) is 0 Å². The van der Waals surface area contributed by atoms with Crippen molar-refractivity contribution in [2.45, 2.75) is 5.92 Å². The highest BCUT2D eigenvalue weighted by molar-refractivity contribution is 5.80. The van der Waals surface area contributed by atoms with Crippen LogP contribution in [0.4, 0.5) is 0 Å². The number of rotatable bonds is 2. The van der Waals surface area contributed by atoms with Crippen LogP contribution in [0.1, 0.15) is 22.6 Å². The average molecular weight is 268 g/mol. The monoisotopic (exact) mass is 268 g/mol. The molecule has 0 saturated carbocycles. The minimum absolute atomic E-state index is 0.359. The fourth-order valence-corrected chi connectivity index (χ4v) is 3.17. The van der Waals surface area contributed by atoms with E-state index in [4.69, 9.17) is 0 Å². The lowest BCUT2D eigenvalue weighted by Gasteiger charge is -2.08. The first-order valence-electron chi connectivity index (χ1n) is 7.35. The maximum atomic E-state index is 2.32. The van der Waals surface area contributed by atoms with Gasteiger partial charge in [-0.15, -0.1) is 0 Å². The van der Waals surface area contributed by atoms with Crippen LogP contribution >= 0.6 is 0 Å². The normalized spacial score (nSPS) is 13.3. The van der Waals surface area contributed by atoms with Crippen molar-refractivity contribution < 1.29 is 0 Å². The first-order chi connectivity index (χ1) is 10.4. The summed E-state index contributed by atoms with van der Waals surface area (Å²) in [5.41, 5.74) is 6.81. The van der Waals surface area contributed by atoms with Crippen molar-refractivity contribution in [1.29, 1.82) is 0 Å². The summed E-state index contributed by atoms with van der Waals surface area (Å²) in [5.74, 6) is 0.359. The lowest BCUT2D eigenvalue weighted by molar-refractivity contribution is 1.08. The third kappa shape index (κ3) is 2.09. The molecule has 0 radical (unpaired) electrons. The van der Waals surface area contributed by atoms with Crippen LogP contribution in [0.25, 0.3) is 17.2 Å². The number of hydrogen-bond donors (Lipinski definition) is 0. The van der Waals surface area contributed by atoms with Crippen LogP contribution in [0.5, 0.6) is 0 Å². The molecule has 0 nitrogen and oxygen atoms in total. The molecule has 1 aliphatic carbocycles. The predicted octanol–water partition coefficient (Wildman–Crippen LogP) is 5.51.